The van der Waals surface area contributed by atoms with Gasteiger partial charge in [-0.15, -0.1) is 0 Å². The molecule has 0 aliphatic carbocycles. The molecule has 0 aromatic heterocycles. The third kappa shape index (κ3) is 4.85. The molecular formula is C14H18BrFN2O2. The topological polar surface area (TPSA) is 50.4 Å². The SMILES string of the molecule is O=C(CCOC1CCNCC1)Nc1ccc(Br)cc1F. The number of ether oxygens (including phenoxy) is 1. The average molecular weight is 345 g/mol. The van der Waals surface area contributed by atoms with Crippen LogP contribution in [0.15, 0.2) is 22.7 Å². The molecule has 1 heterocycles. The van der Waals surface area contributed by atoms with Crippen LogP contribution >= 0.6 is 15.9 Å². The summed E-state index contributed by atoms with van der Waals surface area (Å²) in [7, 11) is 0. The molecule has 6 heteroatoms. The van der Waals surface area contributed by atoms with E-state index in [1.807, 2.05) is 0 Å². The van der Waals surface area contributed by atoms with Crippen LogP contribution in [0.1, 0.15) is 19.3 Å². The Labute approximate surface area is 126 Å². The molecule has 0 unspecified atom stereocenters. The number of hydrogen-bond donors (Lipinski definition) is 2. The van der Waals surface area contributed by atoms with Crippen LogP contribution in [0.3, 0.4) is 0 Å². The molecule has 2 N–H and O–H groups in total. The summed E-state index contributed by atoms with van der Waals surface area (Å²) in [6.45, 7) is 2.29. The van der Waals surface area contributed by atoms with E-state index in [9.17, 15) is 9.18 Å². The van der Waals surface area contributed by atoms with E-state index in [1.165, 1.54) is 12.1 Å². The van der Waals surface area contributed by atoms with Crippen LogP contribution < -0.4 is 10.6 Å². The van der Waals surface area contributed by atoms with Crippen LogP contribution in [0.5, 0.6) is 0 Å². The summed E-state index contributed by atoms with van der Waals surface area (Å²) >= 11 is 3.17. The Hall–Kier alpha value is -0.980. The predicted octanol–water partition coefficient (Wildman–Crippen LogP) is 2.69. The Morgan fingerprint density at radius 2 is 2.20 bits per heavy atom. The van der Waals surface area contributed by atoms with E-state index < -0.39 is 5.82 Å². The first kappa shape index (κ1) is 15.4. The summed E-state index contributed by atoms with van der Waals surface area (Å²) in [6, 6.07) is 4.54. The van der Waals surface area contributed by atoms with Gasteiger partial charge in [-0.05, 0) is 44.1 Å². The second-order valence-corrected chi connectivity index (χ2v) is 5.66. The lowest BCUT2D eigenvalue weighted by Gasteiger charge is -2.22. The van der Waals surface area contributed by atoms with E-state index in [1.54, 1.807) is 6.07 Å². The van der Waals surface area contributed by atoms with Crippen molar-refractivity contribution in [2.45, 2.75) is 25.4 Å². The second-order valence-electron chi connectivity index (χ2n) is 4.74. The number of carbonyl (C=O) groups is 1. The third-order valence-electron chi connectivity index (χ3n) is 3.17. The molecule has 2 rings (SSSR count). The van der Waals surface area contributed by atoms with Gasteiger partial charge in [-0.1, -0.05) is 15.9 Å². The Morgan fingerprint density at radius 3 is 2.90 bits per heavy atom. The van der Waals surface area contributed by atoms with Crippen LogP contribution in [-0.2, 0) is 9.53 Å². The lowest BCUT2D eigenvalue weighted by atomic mass is 10.1. The Bertz CT molecular complexity index is 464. The first-order valence-corrected chi connectivity index (χ1v) is 7.51. The van der Waals surface area contributed by atoms with Gasteiger partial charge in [0, 0.05) is 4.47 Å². The molecule has 1 aliphatic rings. The number of nitrogens with one attached hydrogen (secondary N) is 2. The van der Waals surface area contributed by atoms with Crippen molar-refractivity contribution in [1.29, 1.82) is 0 Å². The zero-order chi connectivity index (χ0) is 14.4. The van der Waals surface area contributed by atoms with Crippen LogP contribution in [-0.4, -0.2) is 31.7 Å². The van der Waals surface area contributed by atoms with E-state index in [0.717, 1.165) is 25.9 Å². The lowest BCUT2D eigenvalue weighted by molar-refractivity contribution is -0.117. The van der Waals surface area contributed by atoms with E-state index in [0.29, 0.717) is 11.1 Å². The molecule has 1 saturated heterocycles. The Kier molecular flexibility index (Phi) is 5.94. The van der Waals surface area contributed by atoms with Crippen molar-refractivity contribution < 1.29 is 13.9 Å². The highest BCUT2D eigenvalue weighted by Crippen LogP contribution is 2.19. The monoisotopic (exact) mass is 344 g/mol. The molecule has 1 aromatic rings. The molecular weight excluding hydrogens is 327 g/mol. The number of piperidine rings is 1. The highest BCUT2D eigenvalue weighted by atomic mass is 79.9. The summed E-state index contributed by atoms with van der Waals surface area (Å²) in [5, 5.41) is 5.80. The maximum Gasteiger partial charge on any atom is 0.226 e. The van der Waals surface area contributed by atoms with E-state index in [4.69, 9.17) is 4.74 Å². The number of hydrogen-bond acceptors (Lipinski definition) is 3. The van der Waals surface area contributed by atoms with Crippen molar-refractivity contribution in [3.63, 3.8) is 0 Å². The fourth-order valence-electron chi connectivity index (χ4n) is 2.08. The maximum absolute atomic E-state index is 13.5. The summed E-state index contributed by atoms with van der Waals surface area (Å²) in [6.07, 6.45) is 2.42. The number of halogens is 2. The van der Waals surface area contributed by atoms with Gasteiger partial charge >= 0.3 is 0 Å². The molecule has 0 radical (unpaired) electrons. The molecule has 1 amide bonds. The molecule has 0 saturated carbocycles. The fraction of sp³-hybridized carbons (Fsp3) is 0.500. The molecule has 0 bridgehead atoms. The van der Waals surface area contributed by atoms with Gasteiger partial charge in [-0.25, -0.2) is 4.39 Å². The minimum Gasteiger partial charge on any atom is -0.378 e. The highest BCUT2D eigenvalue weighted by molar-refractivity contribution is 9.10. The minimum atomic E-state index is -0.452. The number of carbonyl (C=O) groups excluding carboxylic acids is 1. The van der Waals surface area contributed by atoms with Crippen molar-refractivity contribution >= 4 is 27.5 Å². The van der Waals surface area contributed by atoms with Crippen LogP contribution in [0.4, 0.5) is 10.1 Å². The molecule has 0 atom stereocenters. The first-order valence-electron chi connectivity index (χ1n) is 6.72. The quantitative estimate of drug-likeness (QED) is 0.863. The summed E-state index contributed by atoms with van der Waals surface area (Å²) in [5.41, 5.74) is 0.195. The van der Waals surface area contributed by atoms with Crippen LogP contribution in [0.2, 0.25) is 0 Å². The fourth-order valence-corrected chi connectivity index (χ4v) is 2.42. The normalized spacial score (nSPS) is 16.1. The zero-order valence-electron chi connectivity index (χ0n) is 11.1. The first-order chi connectivity index (χ1) is 9.65. The number of rotatable bonds is 5. The van der Waals surface area contributed by atoms with E-state index in [-0.39, 0.29) is 24.1 Å². The molecule has 1 fully saturated rings. The van der Waals surface area contributed by atoms with Crippen molar-refractivity contribution in [2.24, 2.45) is 0 Å². The van der Waals surface area contributed by atoms with Crippen molar-refractivity contribution in [1.82, 2.24) is 5.32 Å². The van der Waals surface area contributed by atoms with Gasteiger partial charge < -0.3 is 15.4 Å². The van der Waals surface area contributed by atoms with E-state index in [2.05, 4.69) is 26.6 Å². The third-order valence-corrected chi connectivity index (χ3v) is 3.67. The van der Waals surface area contributed by atoms with Crippen LogP contribution in [0.25, 0.3) is 0 Å². The average Bonchev–Trinajstić information content (AvgIpc) is 2.43. The van der Waals surface area contributed by atoms with Crippen molar-refractivity contribution in [3.8, 4) is 0 Å². The molecule has 0 spiro atoms. The maximum atomic E-state index is 13.5. The van der Waals surface area contributed by atoms with Gasteiger partial charge in [-0.2, -0.15) is 0 Å². The van der Waals surface area contributed by atoms with Gasteiger partial charge in [0.05, 0.1) is 24.8 Å². The second kappa shape index (κ2) is 7.71. The van der Waals surface area contributed by atoms with Gasteiger partial charge in [0.25, 0.3) is 0 Å². The molecule has 110 valence electrons. The van der Waals surface area contributed by atoms with E-state index >= 15 is 0 Å². The summed E-state index contributed by atoms with van der Waals surface area (Å²) < 4.78 is 19.8. The molecule has 1 aromatic carbocycles. The molecule has 4 nitrogen and oxygen atoms in total. The number of anilines is 1. The summed E-state index contributed by atoms with van der Waals surface area (Å²) in [4.78, 5) is 11.7. The van der Waals surface area contributed by atoms with Gasteiger partial charge in [0.2, 0.25) is 5.91 Å². The standard InChI is InChI=1S/C14H18BrFN2O2/c15-10-1-2-13(12(16)9-10)18-14(19)5-8-20-11-3-6-17-7-4-11/h1-2,9,11,17H,3-8H2,(H,18,19). The minimum absolute atomic E-state index is 0.195. The highest BCUT2D eigenvalue weighted by Gasteiger charge is 2.14. The van der Waals surface area contributed by atoms with Crippen molar-refractivity contribution in [2.75, 3.05) is 25.0 Å². The zero-order valence-corrected chi connectivity index (χ0v) is 12.7. The summed E-state index contributed by atoms with van der Waals surface area (Å²) in [5.74, 6) is -0.688. The van der Waals surface area contributed by atoms with Gasteiger partial charge in [0.1, 0.15) is 5.82 Å². The smallest absolute Gasteiger partial charge is 0.226 e. The molecule has 20 heavy (non-hydrogen) atoms. The van der Waals surface area contributed by atoms with Gasteiger partial charge in [0.15, 0.2) is 0 Å². The Morgan fingerprint density at radius 1 is 1.45 bits per heavy atom. The predicted molar refractivity (Wildman–Crippen MR) is 79.2 cm³/mol. The molecule has 1 aliphatic heterocycles. The number of amides is 1. The lowest BCUT2D eigenvalue weighted by Crippen LogP contribution is -2.33. The Balaban J connectivity index is 1.72. The van der Waals surface area contributed by atoms with Gasteiger partial charge in [-0.3, -0.25) is 4.79 Å². The largest absolute Gasteiger partial charge is 0.378 e. The van der Waals surface area contributed by atoms with Crippen molar-refractivity contribution in [3.05, 3.63) is 28.5 Å². The number of benzene rings is 1. The van der Waals surface area contributed by atoms with Crippen LogP contribution in [0, 0.1) is 5.82 Å².